The van der Waals surface area contributed by atoms with Gasteiger partial charge in [-0.15, -0.1) is 0 Å². The van der Waals surface area contributed by atoms with Crippen molar-refractivity contribution in [3.63, 3.8) is 0 Å². The van der Waals surface area contributed by atoms with Crippen LogP contribution in [0.3, 0.4) is 0 Å². The largest absolute Gasteiger partial charge is 0.0654 e. The molecule has 0 radical (unpaired) electrons. The first-order chi connectivity index (χ1) is 40.8. The lowest BCUT2D eigenvalue weighted by Gasteiger charge is -2.21. The minimum atomic E-state index is 0.387. The van der Waals surface area contributed by atoms with Gasteiger partial charge in [-0.1, -0.05) is 337 Å². The molecule has 5 unspecified atom stereocenters. The summed E-state index contributed by atoms with van der Waals surface area (Å²) >= 11 is 0. The number of hydrogen-bond acceptors (Lipinski definition) is 0. The first-order valence-corrected chi connectivity index (χ1v) is 32.5. The van der Waals surface area contributed by atoms with Gasteiger partial charge in [0.05, 0.1) is 0 Å². The van der Waals surface area contributed by atoms with Crippen molar-refractivity contribution in [2.24, 2.45) is 17.8 Å². The highest BCUT2D eigenvalue weighted by Crippen LogP contribution is 2.52. The van der Waals surface area contributed by atoms with Crippen molar-refractivity contribution in [3.05, 3.63) is 248 Å². The minimum absolute atomic E-state index is 0.387. The van der Waals surface area contributed by atoms with Gasteiger partial charge in [-0.2, -0.15) is 0 Å². The second-order valence-corrected chi connectivity index (χ2v) is 24.8. The SMILES string of the molecule is CCCCC(CC)CC1c2ccccc2-c2ccc(/C=C/c3ccc(/C=C/c4ccc5c(c4)C(CC(CC)CCCC)c4cc(/C=C/c6ccc(/C=C/c7ccc8c(c7)C(CC(CC)CCCC)c7ccccc7-8)cc6)ccc4-5)cc3)cc21. The van der Waals surface area contributed by atoms with E-state index in [2.05, 4.69) is 260 Å². The van der Waals surface area contributed by atoms with Gasteiger partial charge in [0, 0.05) is 17.8 Å². The van der Waals surface area contributed by atoms with E-state index in [1.807, 2.05) is 0 Å². The Morgan fingerprint density at radius 1 is 0.265 bits per heavy atom. The van der Waals surface area contributed by atoms with Crippen LogP contribution in [0.5, 0.6) is 0 Å². The van der Waals surface area contributed by atoms with Crippen molar-refractivity contribution in [3.8, 4) is 33.4 Å². The van der Waals surface area contributed by atoms with Crippen molar-refractivity contribution < 1.29 is 0 Å². The summed E-state index contributed by atoms with van der Waals surface area (Å²) in [5, 5.41) is 0. The lowest BCUT2D eigenvalue weighted by Crippen LogP contribution is -2.07. The normalized spacial score (nSPS) is 16.8. The summed E-state index contributed by atoms with van der Waals surface area (Å²) in [6.07, 6.45) is 37.5. The quantitative estimate of drug-likeness (QED) is 0.0474. The molecule has 5 atom stereocenters. The van der Waals surface area contributed by atoms with Crippen LogP contribution in [0.4, 0.5) is 0 Å². The summed E-state index contributed by atoms with van der Waals surface area (Å²) in [7, 11) is 0. The summed E-state index contributed by atoms with van der Waals surface area (Å²) < 4.78 is 0. The molecule has 0 amide bonds. The van der Waals surface area contributed by atoms with Crippen molar-refractivity contribution in [1.29, 1.82) is 0 Å². The lowest BCUT2D eigenvalue weighted by atomic mass is 9.83. The van der Waals surface area contributed by atoms with Crippen LogP contribution in [0, 0.1) is 17.8 Å². The third-order valence-corrected chi connectivity index (χ3v) is 19.4. The minimum Gasteiger partial charge on any atom is -0.0654 e. The van der Waals surface area contributed by atoms with Crippen LogP contribution in [-0.2, 0) is 0 Å². The molecule has 0 bridgehead atoms. The highest BCUT2D eigenvalue weighted by Gasteiger charge is 2.33. The fraction of sp³-hybridized carbons (Fsp3) is 0.325. The molecular formula is C83H90. The number of rotatable bonds is 26. The number of fused-ring (bicyclic) bond motifs is 9. The summed E-state index contributed by atoms with van der Waals surface area (Å²) in [4.78, 5) is 0. The average molecular weight is 1090 g/mol. The monoisotopic (exact) mass is 1090 g/mol. The standard InChI is InChI=1S/C83H90/c1-7-13-20-58(10-4)51-77-71-25-18-16-23-69(71)73-47-43-65(54-79(73)77)39-35-61-27-31-63(32-28-61)37-41-67-45-49-75-76-50-46-68(57-82(76)83(81(75)56-67)53-60(12-6)22-15-9-3)42-38-64-33-29-62(30-34-64)36-40-66-44-48-74-70-24-17-19-26-72(70)78(80(74)55-66)52-59(11-5)21-14-8-2/h16-19,23-50,54-60,77-78,83H,7-15,20-22,51-53H2,1-6H3/b39-35+,40-36+,41-37+,42-38+. The molecule has 0 heteroatoms. The molecule has 8 aromatic carbocycles. The van der Waals surface area contributed by atoms with Crippen LogP contribution in [0.25, 0.3) is 82.0 Å². The van der Waals surface area contributed by atoms with Crippen LogP contribution in [0.15, 0.2) is 170 Å². The smallest absolute Gasteiger partial charge is 0.0105 e. The lowest BCUT2D eigenvalue weighted by molar-refractivity contribution is 0.404. The zero-order valence-electron chi connectivity index (χ0n) is 50.9. The summed E-state index contributed by atoms with van der Waals surface area (Å²) in [5.74, 6) is 3.58. The predicted octanol–water partition coefficient (Wildman–Crippen LogP) is 24.5. The fourth-order valence-corrected chi connectivity index (χ4v) is 14.4. The average Bonchev–Trinajstić information content (AvgIpc) is 3.43. The van der Waals surface area contributed by atoms with Gasteiger partial charge in [0.2, 0.25) is 0 Å². The third-order valence-electron chi connectivity index (χ3n) is 19.4. The van der Waals surface area contributed by atoms with Gasteiger partial charge < -0.3 is 0 Å². The first-order valence-electron chi connectivity index (χ1n) is 32.5. The summed E-state index contributed by atoms with van der Waals surface area (Å²) in [6.45, 7) is 14.1. The molecule has 83 heavy (non-hydrogen) atoms. The molecule has 3 aliphatic rings. The molecule has 3 aliphatic carbocycles. The molecule has 0 nitrogen and oxygen atoms in total. The second-order valence-electron chi connectivity index (χ2n) is 24.8. The molecule has 0 heterocycles. The predicted molar refractivity (Wildman–Crippen MR) is 364 cm³/mol. The molecule has 0 saturated heterocycles. The summed E-state index contributed by atoms with van der Waals surface area (Å²) in [5.41, 5.74) is 27.5. The van der Waals surface area contributed by atoms with E-state index in [1.165, 1.54) is 208 Å². The second kappa shape index (κ2) is 27.4. The fourth-order valence-electron chi connectivity index (χ4n) is 14.4. The van der Waals surface area contributed by atoms with Gasteiger partial charge in [0.15, 0.2) is 0 Å². The molecule has 0 aromatic heterocycles. The van der Waals surface area contributed by atoms with E-state index in [1.54, 1.807) is 0 Å². The van der Waals surface area contributed by atoms with Gasteiger partial charge >= 0.3 is 0 Å². The van der Waals surface area contributed by atoms with Crippen molar-refractivity contribution in [2.45, 2.75) is 156 Å². The Balaban J connectivity index is 0.759. The van der Waals surface area contributed by atoms with Crippen LogP contribution in [0.2, 0.25) is 0 Å². The summed E-state index contributed by atoms with van der Waals surface area (Å²) in [6, 6.07) is 65.1. The van der Waals surface area contributed by atoms with Gasteiger partial charge in [-0.3, -0.25) is 0 Å². The third kappa shape index (κ3) is 13.2. The maximum Gasteiger partial charge on any atom is 0.0105 e. The van der Waals surface area contributed by atoms with Crippen molar-refractivity contribution >= 4 is 48.6 Å². The Hall–Kier alpha value is -7.28. The number of hydrogen-bond donors (Lipinski definition) is 0. The maximum atomic E-state index is 2.50. The Labute approximate surface area is 500 Å². The molecule has 0 spiro atoms. The molecule has 0 fully saturated rings. The van der Waals surface area contributed by atoms with E-state index in [0.29, 0.717) is 23.7 Å². The van der Waals surface area contributed by atoms with Gasteiger partial charge in [0.25, 0.3) is 0 Å². The maximum absolute atomic E-state index is 2.50. The highest BCUT2D eigenvalue weighted by molar-refractivity contribution is 5.86. The van der Waals surface area contributed by atoms with E-state index in [4.69, 9.17) is 0 Å². The Morgan fingerprint density at radius 2 is 0.494 bits per heavy atom. The molecule has 11 rings (SSSR count). The molecule has 0 saturated carbocycles. The van der Waals surface area contributed by atoms with E-state index >= 15 is 0 Å². The van der Waals surface area contributed by atoms with Crippen LogP contribution in [0.1, 0.15) is 233 Å². The Kier molecular flexibility index (Phi) is 19.0. The molecule has 0 aliphatic heterocycles. The van der Waals surface area contributed by atoms with E-state index in [-0.39, 0.29) is 0 Å². The zero-order chi connectivity index (χ0) is 57.1. The number of benzene rings is 8. The zero-order valence-corrected chi connectivity index (χ0v) is 50.9. The Morgan fingerprint density at radius 3 is 0.759 bits per heavy atom. The topological polar surface area (TPSA) is 0 Å². The highest BCUT2D eigenvalue weighted by atomic mass is 14.4. The van der Waals surface area contributed by atoms with Crippen molar-refractivity contribution in [1.82, 2.24) is 0 Å². The van der Waals surface area contributed by atoms with Gasteiger partial charge in [0.1, 0.15) is 0 Å². The van der Waals surface area contributed by atoms with Gasteiger partial charge in [-0.05, 0) is 148 Å². The van der Waals surface area contributed by atoms with Crippen molar-refractivity contribution in [2.75, 3.05) is 0 Å². The molecule has 0 N–H and O–H groups in total. The van der Waals surface area contributed by atoms with Crippen LogP contribution in [-0.4, -0.2) is 0 Å². The van der Waals surface area contributed by atoms with E-state index in [9.17, 15) is 0 Å². The van der Waals surface area contributed by atoms with E-state index in [0.717, 1.165) is 11.8 Å². The van der Waals surface area contributed by atoms with Crippen LogP contribution >= 0.6 is 0 Å². The van der Waals surface area contributed by atoms with E-state index < -0.39 is 0 Å². The van der Waals surface area contributed by atoms with Gasteiger partial charge in [-0.25, -0.2) is 0 Å². The molecule has 422 valence electrons. The number of unbranched alkanes of at least 4 members (excludes halogenated alkanes) is 3. The molecule has 8 aromatic rings. The Bertz CT molecular complexity index is 3360. The first kappa shape index (κ1) is 57.5. The van der Waals surface area contributed by atoms with Crippen LogP contribution < -0.4 is 0 Å². The molecular weight excluding hydrogens is 997 g/mol.